The highest BCUT2D eigenvalue weighted by Gasteiger charge is 2.22. The van der Waals surface area contributed by atoms with Crippen molar-refractivity contribution in [1.82, 2.24) is 20.2 Å². The van der Waals surface area contributed by atoms with Crippen LogP contribution in [0.1, 0.15) is 33.1 Å². The van der Waals surface area contributed by atoms with Gasteiger partial charge in [0.15, 0.2) is 5.65 Å². The number of H-pyrrole nitrogens is 1. The Hall–Kier alpha value is -1.85. The van der Waals surface area contributed by atoms with Gasteiger partial charge in [0.05, 0.1) is 11.6 Å². The molecule has 0 spiro atoms. The summed E-state index contributed by atoms with van der Waals surface area (Å²) < 4.78 is 0. The van der Waals surface area contributed by atoms with E-state index < -0.39 is 0 Å². The molecule has 2 atom stereocenters. The highest BCUT2D eigenvalue weighted by molar-refractivity contribution is 5.87. The van der Waals surface area contributed by atoms with Crippen molar-refractivity contribution in [2.24, 2.45) is 5.92 Å². The number of rotatable bonds is 4. The zero-order valence-electron chi connectivity index (χ0n) is 11.4. The molecule has 1 saturated carbocycles. The van der Waals surface area contributed by atoms with Crippen LogP contribution in [-0.2, 0) is 0 Å². The fourth-order valence-corrected chi connectivity index (χ4v) is 2.71. The van der Waals surface area contributed by atoms with Crippen LogP contribution in [0.2, 0.25) is 0 Å². The van der Waals surface area contributed by atoms with Crippen LogP contribution in [0.3, 0.4) is 0 Å². The Morgan fingerprint density at radius 3 is 3.00 bits per heavy atom. The first-order chi connectivity index (χ1) is 9.26. The SMILES string of the molecule is CCNc1nc(NC2CCC(C)C2)c2cn[nH]c2n1. The van der Waals surface area contributed by atoms with Crippen LogP contribution in [0, 0.1) is 5.92 Å². The summed E-state index contributed by atoms with van der Waals surface area (Å²) in [4.78, 5) is 8.95. The Balaban J connectivity index is 1.89. The van der Waals surface area contributed by atoms with Gasteiger partial charge in [-0.05, 0) is 32.1 Å². The van der Waals surface area contributed by atoms with Crippen LogP contribution >= 0.6 is 0 Å². The van der Waals surface area contributed by atoms with E-state index >= 15 is 0 Å². The largest absolute Gasteiger partial charge is 0.367 e. The number of nitrogens with one attached hydrogen (secondary N) is 3. The van der Waals surface area contributed by atoms with Gasteiger partial charge < -0.3 is 10.6 Å². The molecule has 2 aromatic rings. The molecule has 0 aromatic carbocycles. The van der Waals surface area contributed by atoms with Crippen LogP contribution in [0.4, 0.5) is 11.8 Å². The van der Waals surface area contributed by atoms with E-state index in [0.717, 1.165) is 29.3 Å². The summed E-state index contributed by atoms with van der Waals surface area (Å²) in [5.41, 5.74) is 0.777. The van der Waals surface area contributed by atoms with Crippen molar-refractivity contribution in [3.8, 4) is 0 Å². The zero-order valence-corrected chi connectivity index (χ0v) is 11.4. The van der Waals surface area contributed by atoms with Crippen molar-refractivity contribution in [1.29, 1.82) is 0 Å². The fourth-order valence-electron chi connectivity index (χ4n) is 2.71. The van der Waals surface area contributed by atoms with Gasteiger partial charge in [-0.15, -0.1) is 0 Å². The van der Waals surface area contributed by atoms with Crippen LogP contribution < -0.4 is 10.6 Å². The molecule has 3 N–H and O–H groups in total. The molecular weight excluding hydrogens is 240 g/mol. The number of nitrogens with zero attached hydrogens (tertiary/aromatic N) is 3. The first-order valence-electron chi connectivity index (χ1n) is 6.97. The molecule has 6 heteroatoms. The number of aromatic amines is 1. The van der Waals surface area contributed by atoms with Crippen molar-refractivity contribution < 1.29 is 0 Å². The average molecular weight is 260 g/mol. The molecule has 0 saturated heterocycles. The van der Waals surface area contributed by atoms with E-state index in [9.17, 15) is 0 Å². The van der Waals surface area contributed by atoms with Crippen molar-refractivity contribution in [3.63, 3.8) is 0 Å². The van der Waals surface area contributed by atoms with Crippen LogP contribution in [0.25, 0.3) is 11.0 Å². The maximum atomic E-state index is 4.56. The monoisotopic (exact) mass is 260 g/mol. The molecule has 3 rings (SSSR count). The Morgan fingerprint density at radius 2 is 2.26 bits per heavy atom. The summed E-state index contributed by atoms with van der Waals surface area (Å²) in [5, 5.41) is 14.6. The van der Waals surface area contributed by atoms with Gasteiger partial charge in [0.25, 0.3) is 0 Å². The van der Waals surface area contributed by atoms with E-state index in [4.69, 9.17) is 0 Å². The van der Waals surface area contributed by atoms with E-state index in [1.807, 2.05) is 6.92 Å². The van der Waals surface area contributed by atoms with E-state index in [1.54, 1.807) is 6.20 Å². The molecule has 2 aromatic heterocycles. The molecule has 1 fully saturated rings. The third-order valence-electron chi connectivity index (χ3n) is 3.68. The highest BCUT2D eigenvalue weighted by atomic mass is 15.2. The maximum Gasteiger partial charge on any atom is 0.226 e. The lowest BCUT2D eigenvalue weighted by molar-refractivity contribution is 0.602. The summed E-state index contributed by atoms with van der Waals surface area (Å²) in [6.45, 7) is 5.14. The number of hydrogen-bond donors (Lipinski definition) is 3. The zero-order chi connectivity index (χ0) is 13.2. The van der Waals surface area contributed by atoms with Gasteiger partial charge >= 0.3 is 0 Å². The van der Waals surface area contributed by atoms with E-state index in [1.165, 1.54) is 19.3 Å². The molecular formula is C13H20N6. The van der Waals surface area contributed by atoms with Crippen molar-refractivity contribution in [3.05, 3.63) is 6.20 Å². The minimum Gasteiger partial charge on any atom is -0.367 e. The van der Waals surface area contributed by atoms with E-state index in [-0.39, 0.29) is 0 Å². The van der Waals surface area contributed by atoms with Gasteiger partial charge in [-0.3, -0.25) is 5.10 Å². The number of anilines is 2. The summed E-state index contributed by atoms with van der Waals surface area (Å²) in [5.74, 6) is 2.33. The van der Waals surface area contributed by atoms with Gasteiger partial charge in [-0.2, -0.15) is 15.1 Å². The van der Waals surface area contributed by atoms with Crippen LogP contribution in [-0.4, -0.2) is 32.8 Å². The van der Waals surface area contributed by atoms with Crippen molar-refractivity contribution in [2.75, 3.05) is 17.2 Å². The smallest absolute Gasteiger partial charge is 0.226 e. The van der Waals surface area contributed by atoms with Crippen LogP contribution in [0.5, 0.6) is 0 Å². The lowest BCUT2D eigenvalue weighted by Crippen LogP contribution is -2.17. The Morgan fingerprint density at radius 1 is 1.37 bits per heavy atom. The second-order valence-electron chi connectivity index (χ2n) is 5.32. The van der Waals surface area contributed by atoms with E-state index in [2.05, 4.69) is 37.7 Å². The first-order valence-corrected chi connectivity index (χ1v) is 6.97. The molecule has 0 bridgehead atoms. The molecule has 0 amide bonds. The Bertz CT molecular complexity index is 563. The van der Waals surface area contributed by atoms with Gasteiger partial charge in [0, 0.05) is 12.6 Å². The van der Waals surface area contributed by atoms with Gasteiger partial charge in [0.1, 0.15) is 5.82 Å². The summed E-state index contributed by atoms with van der Waals surface area (Å²) in [7, 11) is 0. The lowest BCUT2D eigenvalue weighted by Gasteiger charge is -2.14. The maximum absolute atomic E-state index is 4.56. The summed E-state index contributed by atoms with van der Waals surface area (Å²) in [6.07, 6.45) is 5.49. The molecule has 2 heterocycles. The van der Waals surface area contributed by atoms with Crippen molar-refractivity contribution in [2.45, 2.75) is 39.2 Å². The first kappa shape index (κ1) is 12.2. The standard InChI is InChI=1S/C13H20N6/c1-3-14-13-17-11(10-7-15-19-12(10)18-13)16-9-5-4-8(2)6-9/h7-9H,3-6H2,1-2H3,(H3,14,15,16,17,18,19). The summed E-state index contributed by atoms with van der Waals surface area (Å²) in [6, 6.07) is 0.512. The van der Waals surface area contributed by atoms with Crippen LogP contribution in [0.15, 0.2) is 6.20 Å². The fraction of sp³-hybridized carbons (Fsp3) is 0.615. The quantitative estimate of drug-likeness (QED) is 0.786. The second kappa shape index (κ2) is 5.03. The third kappa shape index (κ3) is 2.47. The predicted octanol–water partition coefficient (Wildman–Crippen LogP) is 2.39. The molecule has 0 aliphatic heterocycles. The highest BCUT2D eigenvalue weighted by Crippen LogP contribution is 2.29. The van der Waals surface area contributed by atoms with Gasteiger partial charge in [-0.25, -0.2) is 0 Å². The molecule has 1 aliphatic rings. The minimum absolute atomic E-state index is 0.512. The number of hydrogen-bond acceptors (Lipinski definition) is 5. The average Bonchev–Trinajstić information content (AvgIpc) is 2.99. The molecule has 2 unspecified atom stereocenters. The molecule has 6 nitrogen and oxygen atoms in total. The Kier molecular flexibility index (Phi) is 3.23. The predicted molar refractivity (Wildman–Crippen MR) is 76.3 cm³/mol. The molecule has 0 radical (unpaired) electrons. The third-order valence-corrected chi connectivity index (χ3v) is 3.68. The van der Waals surface area contributed by atoms with Gasteiger partial charge in [-0.1, -0.05) is 6.92 Å². The number of fused-ring (bicyclic) bond motifs is 1. The summed E-state index contributed by atoms with van der Waals surface area (Å²) >= 11 is 0. The molecule has 102 valence electrons. The normalized spacial score (nSPS) is 22.8. The number of aromatic nitrogens is 4. The second-order valence-corrected chi connectivity index (χ2v) is 5.32. The van der Waals surface area contributed by atoms with E-state index in [0.29, 0.717) is 12.0 Å². The Labute approximate surface area is 112 Å². The van der Waals surface area contributed by atoms with Gasteiger partial charge in [0.2, 0.25) is 5.95 Å². The molecule has 1 aliphatic carbocycles. The topological polar surface area (TPSA) is 78.5 Å². The molecule has 19 heavy (non-hydrogen) atoms. The lowest BCUT2D eigenvalue weighted by atomic mass is 10.1. The van der Waals surface area contributed by atoms with Crippen molar-refractivity contribution >= 4 is 22.8 Å². The minimum atomic E-state index is 0.512.